The summed E-state index contributed by atoms with van der Waals surface area (Å²) in [5.41, 5.74) is -0.546. The van der Waals surface area contributed by atoms with Crippen molar-refractivity contribution in [1.82, 2.24) is 0 Å². The smallest absolute Gasteiger partial charge is 0.159 e. The van der Waals surface area contributed by atoms with Gasteiger partial charge >= 0.3 is 0 Å². The number of hydrogen-bond acceptors (Lipinski definition) is 2. The van der Waals surface area contributed by atoms with Gasteiger partial charge in [-0.3, -0.25) is 0 Å². The van der Waals surface area contributed by atoms with Gasteiger partial charge in [-0.2, -0.15) is 0 Å². The SMILES string of the molecule is O=C([O-])[C@@]1(Cc2ccc(F)c(F)c2)CCC[NH2+]1. The van der Waals surface area contributed by atoms with Gasteiger partial charge in [-0.1, -0.05) is 6.07 Å². The lowest BCUT2D eigenvalue weighted by atomic mass is 9.89. The number of carbonyl (C=O) groups excluding carboxylic acids is 1. The van der Waals surface area contributed by atoms with Crippen molar-refractivity contribution < 1.29 is 24.0 Å². The molecule has 1 fully saturated rings. The van der Waals surface area contributed by atoms with Crippen molar-refractivity contribution in [3.8, 4) is 0 Å². The van der Waals surface area contributed by atoms with Crippen LogP contribution in [0.4, 0.5) is 8.78 Å². The highest BCUT2D eigenvalue weighted by Gasteiger charge is 2.39. The van der Waals surface area contributed by atoms with Crippen molar-refractivity contribution in [1.29, 1.82) is 0 Å². The first kappa shape index (κ1) is 12.0. The van der Waals surface area contributed by atoms with Crippen LogP contribution in [0.15, 0.2) is 18.2 Å². The Morgan fingerprint density at radius 3 is 2.71 bits per heavy atom. The summed E-state index contributed by atoms with van der Waals surface area (Å²) in [6.45, 7) is 0.720. The summed E-state index contributed by atoms with van der Waals surface area (Å²) >= 11 is 0. The van der Waals surface area contributed by atoms with Gasteiger partial charge in [-0.05, 0) is 17.7 Å². The van der Waals surface area contributed by atoms with Crippen LogP contribution >= 0.6 is 0 Å². The van der Waals surface area contributed by atoms with E-state index in [1.807, 2.05) is 0 Å². The summed E-state index contributed by atoms with van der Waals surface area (Å²) in [5, 5.41) is 12.9. The molecule has 0 aliphatic carbocycles. The van der Waals surface area contributed by atoms with E-state index in [4.69, 9.17) is 0 Å². The number of carboxylic acids is 1. The zero-order chi connectivity index (χ0) is 12.5. The van der Waals surface area contributed by atoms with Crippen LogP contribution in [0, 0.1) is 11.6 Å². The van der Waals surface area contributed by atoms with Gasteiger partial charge in [0.1, 0.15) is 11.5 Å². The Morgan fingerprint density at radius 2 is 2.18 bits per heavy atom. The molecule has 1 aliphatic rings. The molecule has 5 heteroatoms. The van der Waals surface area contributed by atoms with E-state index < -0.39 is 23.1 Å². The topological polar surface area (TPSA) is 56.7 Å². The third kappa shape index (κ3) is 2.29. The molecule has 0 bridgehead atoms. The number of halogens is 2. The summed E-state index contributed by atoms with van der Waals surface area (Å²) in [4.78, 5) is 11.2. The molecule has 92 valence electrons. The molecular formula is C12H13F2NO2. The summed E-state index contributed by atoms with van der Waals surface area (Å²) < 4.78 is 25.8. The first-order valence-corrected chi connectivity index (χ1v) is 5.53. The normalized spacial score (nSPS) is 23.9. The van der Waals surface area contributed by atoms with E-state index in [9.17, 15) is 18.7 Å². The summed E-state index contributed by atoms with van der Waals surface area (Å²) in [5.74, 6) is -3.01. The molecule has 0 spiro atoms. The van der Waals surface area contributed by atoms with Crippen LogP contribution in [-0.2, 0) is 11.2 Å². The molecule has 0 unspecified atom stereocenters. The van der Waals surface area contributed by atoms with Crippen LogP contribution in [0.3, 0.4) is 0 Å². The van der Waals surface area contributed by atoms with Gasteiger partial charge < -0.3 is 15.2 Å². The highest BCUT2D eigenvalue weighted by molar-refractivity contribution is 5.75. The first-order valence-electron chi connectivity index (χ1n) is 5.53. The molecule has 3 nitrogen and oxygen atoms in total. The van der Waals surface area contributed by atoms with Crippen LogP contribution in [-0.4, -0.2) is 18.1 Å². The Labute approximate surface area is 97.5 Å². The van der Waals surface area contributed by atoms with E-state index in [0.29, 0.717) is 12.0 Å². The molecule has 2 N–H and O–H groups in total. The van der Waals surface area contributed by atoms with E-state index in [-0.39, 0.29) is 6.42 Å². The average Bonchev–Trinajstić information content (AvgIpc) is 2.73. The van der Waals surface area contributed by atoms with Crippen LogP contribution in [0.25, 0.3) is 0 Å². The highest BCUT2D eigenvalue weighted by Crippen LogP contribution is 2.19. The van der Waals surface area contributed by atoms with E-state index >= 15 is 0 Å². The second-order valence-electron chi connectivity index (χ2n) is 4.47. The second kappa shape index (κ2) is 4.41. The molecule has 1 aromatic rings. The molecule has 0 amide bonds. The van der Waals surface area contributed by atoms with Crippen molar-refractivity contribution in [2.75, 3.05) is 6.54 Å². The van der Waals surface area contributed by atoms with Gasteiger partial charge in [0, 0.05) is 19.3 Å². The number of quaternary nitrogens is 1. The Kier molecular flexibility index (Phi) is 3.11. The average molecular weight is 241 g/mol. The van der Waals surface area contributed by atoms with Crippen molar-refractivity contribution in [3.05, 3.63) is 35.4 Å². The number of carboxylic acid groups (broad SMARTS) is 1. The number of rotatable bonds is 3. The maximum atomic E-state index is 13.0. The number of aliphatic carboxylic acids is 1. The molecule has 0 radical (unpaired) electrons. The molecule has 1 aromatic carbocycles. The van der Waals surface area contributed by atoms with Crippen LogP contribution in [0.1, 0.15) is 18.4 Å². The fourth-order valence-corrected chi connectivity index (χ4v) is 2.33. The lowest BCUT2D eigenvalue weighted by molar-refractivity contribution is -0.700. The molecule has 1 heterocycles. The van der Waals surface area contributed by atoms with E-state index in [1.165, 1.54) is 6.07 Å². The molecule has 1 aliphatic heterocycles. The van der Waals surface area contributed by atoms with Crippen LogP contribution in [0.5, 0.6) is 0 Å². The third-order valence-corrected chi connectivity index (χ3v) is 3.27. The molecule has 0 saturated carbocycles. The predicted molar refractivity (Wildman–Crippen MR) is 53.8 cm³/mol. The molecular weight excluding hydrogens is 228 g/mol. The quantitative estimate of drug-likeness (QED) is 0.764. The van der Waals surface area contributed by atoms with Gasteiger partial charge in [-0.25, -0.2) is 8.78 Å². The van der Waals surface area contributed by atoms with E-state index in [0.717, 1.165) is 25.1 Å². The van der Waals surface area contributed by atoms with Gasteiger partial charge in [0.15, 0.2) is 11.6 Å². The Bertz CT molecular complexity index is 442. The fourth-order valence-electron chi connectivity index (χ4n) is 2.33. The molecule has 17 heavy (non-hydrogen) atoms. The lowest BCUT2D eigenvalue weighted by Gasteiger charge is -2.27. The minimum Gasteiger partial charge on any atom is -0.544 e. The van der Waals surface area contributed by atoms with Gasteiger partial charge in [0.25, 0.3) is 0 Å². The summed E-state index contributed by atoms with van der Waals surface area (Å²) in [6, 6.07) is 3.48. The highest BCUT2D eigenvalue weighted by atomic mass is 19.2. The fraction of sp³-hybridized carbons (Fsp3) is 0.417. The van der Waals surface area contributed by atoms with Crippen molar-refractivity contribution in [2.24, 2.45) is 0 Å². The Hall–Kier alpha value is -1.49. The monoisotopic (exact) mass is 241 g/mol. The number of benzene rings is 1. The lowest BCUT2D eigenvalue weighted by Crippen LogP contribution is -2.97. The summed E-state index contributed by atoms with van der Waals surface area (Å²) in [6.07, 6.45) is 1.44. The number of hydrogen-bond donors (Lipinski definition) is 1. The minimum atomic E-state index is -1.14. The van der Waals surface area contributed by atoms with Crippen molar-refractivity contribution in [3.63, 3.8) is 0 Å². The Balaban J connectivity index is 2.23. The van der Waals surface area contributed by atoms with Crippen molar-refractivity contribution >= 4 is 5.97 Å². The predicted octanol–water partition coefficient (Wildman–Crippen LogP) is -0.647. The van der Waals surface area contributed by atoms with Gasteiger partial charge in [0.05, 0.1) is 6.54 Å². The zero-order valence-corrected chi connectivity index (χ0v) is 9.21. The second-order valence-corrected chi connectivity index (χ2v) is 4.47. The van der Waals surface area contributed by atoms with Gasteiger partial charge in [0.2, 0.25) is 0 Å². The largest absolute Gasteiger partial charge is 0.544 e. The van der Waals surface area contributed by atoms with Crippen molar-refractivity contribution in [2.45, 2.75) is 24.8 Å². The van der Waals surface area contributed by atoms with E-state index in [2.05, 4.69) is 0 Å². The van der Waals surface area contributed by atoms with Crippen LogP contribution in [0.2, 0.25) is 0 Å². The maximum Gasteiger partial charge on any atom is 0.159 e. The Morgan fingerprint density at radius 1 is 1.41 bits per heavy atom. The number of nitrogens with two attached hydrogens (primary N) is 1. The molecule has 2 rings (SSSR count). The van der Waals surface area contributed by atoms with E-state index in [1.54, 1.807) is 5.32 Å². The molecule has 0 aromatic heterocycles. The standard InChI is InChI=1S/C12H13F2NO2/c13-9-3-2-8(6-10(9)14)7-12(11(16)17)4-1-5-15-12/h2-3,6,15H,1,4-5,7H2,(H,16,17)/t12-/m0/s1. The van der Waals surface area contributed by atoms with Crippen LogP contribution < -0.4 is 10.4 Å². The molecule has 1 saturated heterocycles. The number of carbonyl (C=O) groups is 1. The minimum absolute atomic E-state index is 0.159. The zero-order valence-electron chi connectivity index (χ0n) is 9.21. The summed E-state index contributed by atoms with van der Waals surface area (Å²) in [7, 11) is 0. The van der Waals surface area contributed by atoms with Gasteiger partial charge in [-0.15, -0.1) is 0 Å². The maximum absolute atomic E-state index is 13.0. The first-order chi connectivity index (χ1) is 8.03. The molecule has 1 atom stereocenters. The third-order valence-electron chi connectivity index (χ3n) is 3.27.